The largest absolute Gasteiger partial charge is 0.323 e. The zero-order chi connectivity index (χ0) is 14.8. The fourth-order valence-corrected chi connectivity index (χ4v) is 3.68. The molecule has 4 heteroatoms. The van der Waals surface area contributed by atoms with Crippen LogP contribution in [-0.4, -0.2) is 34.1 Å². The maximum atomic E-state index is 6.15. The molecule has 0 N–H and O–H groups in total. The van der Waals surface area contributed by atoms with Crippen molar-refractivity contribution < 1.29 is 0 Å². The molecule has 114 valence electrons. The van der Waals surface area contributed by atoms with Gasteiger partial charge in [0, 0.05) is 12.6 Å². The van der Waals surface area contributed by atoms with Crippen LogP contribution in [0.15, 0.2) is 18.2 Å². The van der Waals surface area contributed by atoms with E-state index in [2.05, 4.69) is 41.5 Å². The van der Waals surface area contributed by atoms with Crippen LogP contribution in [-0.2, 0) is 5.88 Å². The lowest BCUT2D eigenvalue weighted by Gasteiger charge is -2.30. The van der Waals surface area contributed by atoms with Crippen LogP contribution >= 0.6 is 11.6 Å². The first-order valence-corrected chi connectivity index (χ1v) is 8.49. The van der Waals surface area contributed by atoms with Crippen LogP contribution < -0.4 is 0 Å². The topological polar surface area (TPSA) is 21.1 Å². The Morgan fingerprint density at radius 2 is 2.00 bits per heavy atom. The minimum absolute atomic E-state index is 0.406. The first-order valence-electron chi connectivity index (χ1n) is 7.95. The predicted molar refractivity (Wildman–Crippen MR) is 89.0 cm³/mol. The van der Waals surface area contributed by atoms with Gasteiger partial charge in [0.25, 0.3) is 0 Å². The van der Waals surface area contributed by atoms with Crippen molar-refractivity contribution in [1.29, 1.82) is 0 Å². The average Bonchev–Trinajstić information content (AvgIpc) is 2.88. The van der Waals surface area contributed by atoms with E-state index in [1.54, 1.807) is 0 Å². The molecule has 1 fully saturated rings. The first kappa shape index (κ1) is 14.9. The molecule has 21 heavy (non-hydrogen) atoms. The number of halogens is 1. The number of hydrogen-bond donors (Lipinski definition) is 0. The van der Waals surface area contributed by atoms with Crippen LogP contribution in [0.4, 0.5) is 0 Å². The monoisotopic (exact) mass is 305 g/mol. The fourth-order valence-electron chi connectivity index (χ4n) is 3.49. The van der Waals surface area contributed by atoms with Gasteiger partial charge in [0.1, 0.15) is 5.82 Å². The van der Waals surface area contributed by atoms with Gasteiger partial charge in [-0.1, -0.05) is 18.6 Å². The third-order valence-electron chi connectivity index (χ3n) is 4.53. The lowest BCUT2D eigenvalue weighted by Crippen LogP contribution is -2.34. The average molecular weight is 306 g/mol. The van der Waals surface area contributed by atoms with Gasteiger partial charge in [0.15, 0.2) is 0 Å². The number of likely N-dealkylation sites (tertiary alicyclic amines) is 1. The summed E-state index contributed by atoms with van der Waals surface area (Å²) in [4.78, 5) is 7.33. The van der Waals surface area contributed by atoms with Crippen LogP contribution in [0.1, 0.15) is 43.6 Å². The van der Waals surface area contributed by atoms with E-state index in [4.69, 9.17) is 16.6 Å². The van der Waals surface area contributed by atoms with E-state index in [0.29, 0.717) is 11.9 Å². The highest BCUT2D eigenvalue weighted by Crippen LogP contribution is 2.25. The molecule has 1 aromatic heterocycles. The number of piperidine rings is 1. The number of aromatic nitrogens is 2. The standard InChI is InChI=1S/C17H24ClN3/c1-13-7-6-8-15-17(13)19-16(11-18)21(15)14(2)12-20-9-4-3-5-10-20/h6-8,14H,3-5,9-12H2,1-2H3. The van der Waals surface area contributed by atoms with Crippen molar-refractivity contribution in [2.24, 2.45) is 0 Å². The van der Waals surface area contributed by atoms with Crippen LogP contribution in [0.3, 0.4) is 0 Å². The summed E-state index contributed by atoms with van der Waals surface area (Å²) in [5, 5.41) is 0. The second-order valence-electron chi connectivity index (χ2n) is 6.18. The number of para-hydroxylation sites is 1. The number of aryl methyl sites for hydroxylation is 1. The van der Waals surface area contributed by atoms with E-state index in [-0.39, 0.29) is 0 Å². The van der Waals surface area contributed by atoms with E-state index in [0.717, 1.165) is 17.9 Å². The summed E-state index contributed by atoms with van der Waals surface area (Å²) in [6, 6.07) is 6.80. The molecule has 0 bridgehead atoms. The van der Waals surface area contributed by atoms with Gasteiger partial charge in [-0.05, 0) is 51.4 Å². The third kappa shape index (κ3) is 2.95. The summed E-state index contributed by atoms with van der Waals surface area (Å²) in [6.45, 7) is 7.95. The number of benzene rings is 1. The second-order valence-corrected chi connectivity index (χ2v) is 6.45. The maximum absolute atomic E-state index is 6.15. The number of rotatable bonds is 4. The Hall–Kier alpha value is -1.06. The van der Waals surface area contributed by atoms with Crippen molar-refractivity contribution in [3.05, 3.63) is 29.6 Å². The molecule has 1 aromatic carbocycles. The molecule has 2 aromatic rings. The van der Waals surface area contributed by atoms with Gasteiger partial charge in [-0.2, -0.15) is 0 Å². The highest BCUT2D eigenvalue weighted by Gasteiger charge is 2.19. The maximum Gasteiger partial charge on any atom is 0.125 e. The quantitative estimate of drug-likeness (QED) is 0.792. The van der Waals surface area contributed by atoms with Crippen molar-refractivity contribution in [2.75, 3.05) is 19.6 Å². The second kappa shape index (κ2) is 6.37. The number of imidazole rings is 1. The van der Waals surface area contributed by atoms with E-state index >= 15 is 0 Å². The van der Waals surface area contributed by atoms with E-state index in [1.165, 1.54) is 43.4 Å². The number of hydrogen-bond acceptors (Lipinski definition) is 2. The lowest BCUT2D eigenvalue weighted by atomic mass is 10.1. The predicted octanol–water partition coefficient (Wildman–Crippen LogP) is 4.13. The van der Waals surface area contributed by atoms with E-state index in [9.17, 15) is 0 Å². The molecule has 0 saturated carbocycles. The molecule has 1 saturated heterocycles. The fraction of sp³-hybridized carbons (Fsp3) is 0.588. The number of fused-ring (bicyclic) bond motifs is 1. The Labute approximate surface area is 131 Å². The van der Waals surface area contributed by atoms with Crippen molar-refractivity contribution in [3.8, 4) is 0 Å². The molecule has 0 radical (unpaired) electrons. The Bertz CT molecular complexity index is 614. The number of nitrogens with zero attached hydrogens (tertiary/aromatic N) is 3. The summed E-state index contributed by atoms with van der Waals surface area (Å²) in [5.74, 6) is 1.46. The SMILES string of the molecule is Cc1cccc2c1nc(CCl)n2C(C)CN1CCCCC1. The molecular formula is C17H24ClN3. The van der Waals surface area contributed by atoms with Crippen molar-refractivity contribution >= 4 is 22.6 Å². The molecule has 2 heterocycles. The molecule has 1 aliphatic rings. The molecular weight excluding hydrogens is 282 g/mol. The summed E-state index contributed by atoms with van der Waals surface area (Å²) < 4.78 is 2.34. The molecule has 1 aliphatic heterocycles. The number of alkyl halides is 1. The van der Waals surface area contributed by atoms with Crippen LogP contribution in [0, 0.1) is 6.92 Å². The Morgan fingerprint density at radius 1 is 1.24 bits per heavy atom. The van der Waals surface area contributed by atoms with E-state index < -0.39 is 0 Å². The summed E-state index contributed by atoms with van der Waals surface area (Å²) >= 11 is 6.15. The zero-order valence-electron chi connectivity index (χ0n) is 13.0. The molecule has 3 rings (SSSR count). The minimum Gasteiger partial charge on any atom is -0.323 e. The Balaban J connectivity index is 1.92. The van der Waals surface area contributed by atoms with Gasteiger partial charge in [-0.15, -0.1) is 11.6 Å². The van der Waals surface area contributed by atoms with Gasteiger partial charge in [-0.25, -0.2) is 4.98 Å². The highest BCUT2D eigenvalue weighted by molar-refractivity contribution is 6.16. The molecule has 0 spiro atoms. The Morgan fingerprint density at radius 3 is 2.71 bits per heavy atom. The third-order valence-corrected chi connectivity index (χ3v) is 4.77. The van der Waals surface area contributed by atoms with Gasteiger partial charge in [-0.3, -0.25) is 0 Å². The summed E-state index contributed by atoms with van der Waals surface area (Å²) in [6.07, 6.45) is 4.04. The van der Waals surface area contributed by atoms with Crippen LogP contribution in [0.2, 0.25) is 0 Å². The van der Waals surface area contributed by atoms with Crippen molar-refractivity contribution in [2.45, 2.75) is 45.0 Å². The molecule has 0 aliphatic carbocycles. The van der Waals surface area contributed by atoms with Crippen molar-refractivity contribution in [1.82, 2.24) is 14.5 Å². The van der Waals surface area contributed by atoms with Gasteiger partial charge in [0.05, 0.1) is 16.9 Å². The summed E-state index contributed by atoms with van der Waals surface area (Å²) in [7, 11) is 0. The van der Waals surface area contributed by atoms with Gasteiger partial charge >= 0.3 is 0 Å². The highest BCUT2D eigenvalue weighted by atomic mass is 35.5. The Kier molecular flexibility index (Phi) is 4.51. The molecule has 1 atom stereocenters. The smallest absolute Gasteiger partial charge is 0.125 e. The van der Waals surface area contributed by atoms with Crippen LogP contribution in [0.5, 0.6) is 0 Å². The van der Waals surface area contributed by atoms with Crippen LogP contribution in [0.25, 0.3) is 11.0 Å². The van der Waals surface area contributed by atoms with Gasteiger partial charge in [0.2, 0.25) is 0 Å². The lowest BCUT2D eigenvalue weighted by molar-refractivity contribution is 0.202. The zero-order valence-corrected chi connectivity index (χ0v) is 13.7. The molecule has 3 nitrogen and oxygen atoms in total. The van der Waals surface area contributed by atoms with E-state index in [1.807, 2.05) is 0 Å². The van der Waals surface area contributed by atoms with Gasteiger partial charge < -0.3 is 9.47 Å². The molecule has 0 amide bonds. The normalized spacial score (nSPS) is 18.2. The van der Waals surface area contributed by atoms with Crippen molar-refractivity contribution in [3.63, 3.8) is 0 Å². The minimum atomic E-state index is 0.406. The molecule has 1 unspecified atom stereocenters. The summed E-state index contributed by atoms with van der Waals surface area (Å²) in [5.41, 5.74) is 3.54. The first-order chi connectivity index (χ1) is 10.2.